The molecule has 2 heterocycles. The molecule has 1 unspecified atom stereocenters. The summed E-state index contributed by atoms with van der Waals surface area (Å²) in [4.78, 5) is 38.3. The minimum absolute atomic E-state index is 0.119. The quantitative estimate of drug-likeness (QED) is 0.212. The first-order valence-electron chi connectivity index (χ1n) is 12.5. The number of nitrogens with zero attached hydrogens (tertiary/aromatic N) is 1. The van der Waals surface area contributed by atoms with Gasteiger partial charge in [0.05, 0.1) is 18.6 Å². The monoisotopic (exact) mass is 514 g/mol. The van der Waals surface area contributed by atoms with Gasteiger partial charge in [-0.05, 0) is 23.6 Å². The number of aryl methyl sites for hydroxylation is 1. The van der Waals surface area contributed by atoms with Crippen molar-refractivity contribution in [3.05, 3.63) is 140 Å². The maximum atomic E-state index is 12.6. The molecule has 0 spiro atoms. The Morgan fingerprint density at radius 2 is 1.42 bits per heavy atom. The normalized spacial score (nSPS) is 20.3. The number of aromatic amines is 1. The fraction of sp³-hybridized carbons (Fsp3) is 0.267. The van der Waals surface area contributed by atoms with E-state index in [0.29, 0.717) is 5.56 Å². The predicted octanol–water partition coefficient (Wildman–Crippen LogP) is 3.47. The van der Waals surface area contributed by atoms with E-state index in [9.17, 15) is 14.7 Å². The van der Waals surface area contributed by atoms with Crippen LogP contribution in [0.15, 0.2) is 107 Å². The Morgan fingerprint density at radius 3 is 1.89 bits per heavy atom. The minimum atomic E-state index is -1.00. The van der Waals surface area contributed by atoms with E-state index < -0.39 is 41.2 Å². The molecule has 196 valence electrons. The van der Waals surface area contributed by atoms with Crippen LogP contribution in [0.25, 0.3) is 0 Å². The van der Waals surface area contributed by atoms with E-state index >= 15 is 0 Å². The highest BCUT2D eigenvalue weighted by atomic mass is 17.2. The van der Waals surface area contributed by atoms with Gasteiger partial charge in [-0.15, -0.1) is 0 Å². The van der Waals surface area contributed by atoms with E-state index in [1.807, 2.05) is 91.0 Å². The molecule has 38 heavy (non-hydrogen) atoms. The molecule has 2 N–H and O–H groups in total. The highest BCUT2D eigenvalue weighted by molar-refractivity contribution is 5.52. The number of nitrogens with one attached hydrogen (secondary N) is 1. The molecule has 1 aliphatic rings. The van der Waals surface area contributed by atoms with E-state index in [4.69, 9.17) is 14.5 Å². The van der Waals surface area contributed by atoms with Gasteiger partial charge in [-0.25, -0.2) is 14.6 Å². The SMILES string of the molecule is COOC([C@H]1O[C@@H](n2cc(C)c(=O)[nH]c2=O)C[C@@H]1O)C(c1ccccc1)(c1ccccc1)c1ccccc1. The van der Waals surface area contributed by atoms with Gasteiger partial charge in [0.2, 0.25) is 0 Å². The van der Waals surface area contributed by atoms with Crippen LogP contribution in [-0.4, -0.2) is 40.1 Å². The fourth-order valence-electron chi connectivity index (χ4n) is 5.49. The van der Waals surface area contributed by atoms with Crippen molar-refractivity contribution in [2.24, 2.45) is 0 Å². The summed E-state index contributed by atoms with van der Waals surface area (Å²) < 4.78 is 7.71. The molecule has 3 aromatic carbocycles. The van der Waals surface area contributed by atoms with Gasteiger partial charge in [0, 0.05) is 18.2 Å². The first-order chi connectivity index (χ1) is 18.5. The molecule has 0 bridgehead atoms. The fourth-order valence-corrected chi connectivity index (χ4v) is 5.49. The molecule has 8 nitrogen and oxygen atoms in total. The van der Waals surface area contributed by atoms with Gasteiger partial charge in [0.15, 0.2) is 0 Å². The maximum Gasteiger partial charge on any atom is 0.330 e. The smallest absolute Gasteiger partial charge is 0.330 e. The van der Waals surface area contributed by atoms with Crippen LogP contribution in [0.5, 0.6) is 0 Å². The van der Waals surface area contributed by atoms with Crippen molar-refractivity contribution in [2.75, 3.05) is 7.11 Å². The van der Waals surface area contributed by atoms with Crippen molar-refractivity contribution in [1.29, 1.82) is 0 Å². The number of hydrogen-bond acceptors (Lipinski definition) is 6. The number of ether oxygens (including phenoxy) is 1. The number of hydrogen-bond donors (Lipinski definition) is 2. The number of aromatic nitrogens is 2. The Morgan fingerprint density at radius 1 is 0.921 bits per heavy atom. The summed E-state index contributed by atoms with van der Waals surface area (Å²) >= 11 is 0. The molecule has 1 saturated heterocycles. The summed E-state index contributed by atoms with van der Waals surface area (Å²) in [6, 6.07) is 29.6. The molecule has 0 aliphatic carbocycles. The first-order valence-corrected chi connectivity index (χ1v) is 12.5. The Bertz CT molecular complexity index is 1370. The highest BCUT2D eigenvalue weighted by Gasteiger charge is 2.54. The summed E-state index contributed by atoms with van der Waals surface area (Å²) in [5.41, 5.74) is 1.07. The summed E-state index contributed by atoms with van der Waals surface area (Å²) in [5.74, 6) is 0. The topological polar surface area (TPSA) is 103 Å². The average Bonchev–Trinajstić information content (AvgIpc) is 3.33. The summed E-state index contributed by atoms with van der Waals surface area (Å²) in [6.07, 6.45) is -2.03. The first kappa shape index (κ1) is 25.8. The third kappa shape index (κ3) is 4.52. The zero-order chi connectivity index (χ0) is 26.7. The van der Waals surface area contributed by atoms with Gasteiger partial charge in [0.25, 0.3) is 5.56 Å². The molecule has 1 aromatic heterocycles. The van der Waals surface area contributed by atoms with Crippen molar-refractivity contribution < 1.29 is 19.6 Å². The second kappa shape index (κ2) is 10.9. The van der Waals surface area contributed by atoms with Crippen LogP contribution in [-0.2, 0) is 19.9 Å². The Balaban J connectivity index is 1.71. The van der Waals surface area contributed by atoms with E-state index in [1.54, 1.807) is 6.92 Å². The van der Waals surface area contributed by atoms with Crippen LogP contribution in [0.4, 0.5) is 0 Å². The van der Waals surface area contributed by atoms with Crippen molar-refractivity contribution in [1.82, 2.24) is 9.55 Å². The maximum absolute atomic E-state index is 12.6. The van der Waals surface area contributed by atoms with Crippen molar-refractivity contribution >= 4 is 0 Å². The summed E-state index contributed by atoms with van der Waals surface area (Å²) in [7, 11) is 1.42. The minimum Gasteiger partial charge on any atom is -0.390 e. The van der Waals surface area contributed by atoms with Crippen LogP contribution < -0.4 is 11.2 Å². The van der Waals surface area contributed by atoms with E-state index in [1.165, 1.54) is 17.9 Å². The zero-order valence-electron chi connectivity index (χ0n) is 21.2. The Hall–Kier alpha value is -3.82. The van der Waals surface area contributed by atoms with Gasteiger partial charge in [-0.3, -0.25) is 14.3 Å². The van der Waals surface area contributed by atoms with Crippen molar-refractivity contribution in [3.63, 3.8) is 0 Å². The van der Waals surface area contributed by atoms with Gasteiger partial charge in [-0.1, -0.05) is 91.0 Å². The lowest BCUT2D eigenvalue weighted by molar-refractivity contribution is -0.335. The van der Waals surface area contributed by atoms with Crippen LogP contribution in [0.1, 0.15) is 34.9 Å². The third-order valence-electron chi connectivity index (χ3n) is 7.21. The standard InChI is InChI=1S/C30H30N2O6/c1-20-19-32(29(35)31-28(20)34)25-18-24(33)26(37-25)27(38-36-2)30(21-12-6-3-7-13-21,22-14-8-4-9-15-22)23-16-10-5-11-17-23/h3-17,19,24-27,33H,18H2,1-2H3,(H,31,34,35)/t24-,25+,26-,27?/m0/s1. The number of aliphatic hydroxyl groups excluding tert-OH is 1. The highest BCUT2D eigenvalue weighted by Crippen LogP contribution is 2.47. The lowest BCUT2D eigenvalue weighted by Gasteiger charge is -2.44. The van der Waals surface area contributed by atoms with Crippen LogP contribution in [0, 0.1) is 6.92 Å². The number of H-pyrrole nitrogens is 1. The Kier molecular flexibility index (Phi) is 7.40. The van der Waals surface area contributed by atoms with Crippen molar-refractivity contribution in [3.8, 4) is 0 Å². The molecule has 8 heteroatoms. The lowest BCUT2D eigenvalue weighted by Crippen LogP contribution is -2.53. The molecule has 4 aromatic rings. The van der Waals surface area contributed by atoms with Crippen molar-refractivity contribution in [2.45, 2.75) is 43.3 Å². The number of benzene rings is 3. The second-order valence-electron chi connectivity index (χ2n) is 9.43. The molecule has 0 saturated carbocycles. The summed E-state index contributed by atoms with van der Waals surface area (Å²) in [6.45, 7) is 1.61. The molecule has 0 amide bonds. The van der Waals surface area contributed by atoms with E-state index in [2.05, 4.69) is 4.98 Å². The zero-order valence-corrected chi connectivity index (χ0v) is 21.2. The van der Waals surface area contributed by atoms with Crippen LogP contribution in [0.2, 0.25) is 0 Å². The van der Waals surface area contributed by atoms with E-state index in [0.717, 1.165) is 16.7 Å². The van der Waals surface area contributed by atoms with Gasteiger partial charge >= 0.3 is 5.69 Å². The molecule has 1 fully saturated rings. The number of rotatable bonds is 8. The van der Waals surface area contributed by atoms with Gasteiger partial charge in [-0.2, -0.15) is 0 Å². The largest absolute Gasteiger partial charge is 0.390 e. The van der Waals surface area contributed by atoms with Crippen LogP contribution >= 0.6 is 0 Å². The molecule has 1 aliphatic heterocycles. The lowest BCUT2D eigenvalue weighted by atomic mass is 9.64. The molecular weight excluding hydrogens is 484 g/mol. The molecular formula is C30H30N2O6. The average molecular weight is 515 g/mol. The molecule has 0 radical (unpaired) electrons. The molecule has 5 rings (SSSR count). The second-order valence-corrected chi connectivity index (χ2v) is 9.43. The van der Waals surface area contributed by atoms with Crippen LogP contribution in [0.3, 0.4) is 0 Å². The van der Waals surface area contributed by atoms with Gasteiger partial charge in [0.1, 0.15) is 18.4 Å². The molecule has 4 atom stereocenters. The number of aliphatic hydroxyl groups is 1. The van der Waals surface area contributed by atoms with Gasteiger partial charge < -0.3 is 9.84 Å². The third-order valence-corrected chi connectivity index (χ3v) is 7.21. The Labute approximate surface area is 220 Å². The summed E-state index contributed by atoms with van der Waals surface area (Å²) in [5, 5.41) is 11.4. The van der Waals surface area contributed by atoms with E-state index in [-0.39, 0.29) is 6.42 Å². The predicted molar refractivity (Wildman–Crippen MR) is 142 cm³/mol.